The Hall–Kier alpha value is -1.38. The average Bonchev–Trinajstić information content (AvgIpc) is 2.56. The maximum atomic E-state index is 3.94. The van der Waals surface area contributed by atoms with Gasteiger partial charge in [-0.05, 0) is 69.1 Å². The first-order chi connectivity index (χ1) is 11.1. The van der Waals surface area contributed by atoms with Gasteiger partial charge in [0.15, 0.2) is 0 Å². The van der Waals surface area contributed by atoms with Crippen LogP contribution in [0, 0.1) is 0 Å². The third-order valence-electron chi connectivity index (χ3n) is 5.16. The summed E-state index contributed by atoms with van der Waals surface area (Å²) in [4.78, 5) is 2.60. The molecule has 1 aliphatic rings. The first-order valence-corrected chi connectivity index (χ1v) is 9.08. The third-order valence-corrected chi connectivity index (χ3v) is 5.16. The highest BCUT2D eigenvalue weighted by molar-refractivity contribution is 5.86. The molecule has 0 atom stereocenters. The second-order valence-corrected chi connectivity index (χ2v) is 7.41. The van der Waals surface area contributed by atoms with Gasteiger partial charge in [-0.15, -0.1) is 0 Å². The molecule has 0 amide bonds. The molecule has 0 bridgehead atoms. The summed E-state index contributed by atoms with van der Waals surface area (Å²) in [6.45, 7) is 10.6. The van der Waals surface area contributed by atoms with Crippen LogP contribution in [0.15, 0.2) is 42.5 Å². The molecule has 0 aromatic heterocycles. The first kappa shape index (κ1) is 16.5. The SMILES string of the molecule is CCCN1CCC(NC(C)(C)c2cccc3ccccc23)CC1. The van der Waals surface area contributed by atoms with Gasteiger partial charge in [0.25, 0.3) is 0 Å². The standard InChI is InChI=1S/C21H30N2/c1-4-14-23-15-12-18(13-16-23)22-21(2,3)20-11-7-9-17-8-5-6-10-19(17)20/h5-11,18,22H,4,12-16H2,1-3H3. The summed E-state index contributed by atoms with van der Waals surface area (Å²) in [6.07, 6.45) is 3.78. The molecule has 1 fully saturated rings. The second kappa shape index (κ2) is 7.02. The molecule has 0 saturated carbocycles. The summed E-state index contributed by atoms with van der Waals surface area (Å²) >= 11 is 0. The molecule has 3 rings (SSSR count). The van der Waals surface area contributed by atoms with Crippen molar-refractivity contribution in [2.24, 2.45) is 0 Å². The first-order valence-electron chi connectivity index (χ1n) is 9.08. The maximum absolute atomic E-state index is 3.94. The van der Waals surface area contributed by atoms with E-state index in [2.05, 4.69) is 73.5 Å². The van der Waals surface area contributed by atoms with E-state index in [4.69, 9.17) is 0 Å². The second-order valence-electron chi connectivity index (χ2n) is 7.41. The molecule has 2 nitrogen and oxygen atoms in total. The Morgan fingerprint density at radius 1 is 1.04 bits per heavy atom. The monoisotopic (exact) mass is 310 g/mol. The summed E-state index contributed by atoms with van der Waals surface area (Å²) in [5, 5.41) is 6.64. The van der Waals surface area contributed by atoms with E-state index in [0.29, 0.717) is 6.04 Å². The van der Waals surface area contributed by atoms with Crippen LogP contribution in [-0.4, -0.2) is 30.6 Å². The maximum Gasteiger partial charge on any atom is 0.0385 e. The predicted octanol–water partition coefficient (Wildman–Crippen LogP) is 4.54. The van der Waals surface area contributed by atoms with Crippen molar-refractivity contribution in [1.82, 2.24) is 10.2 Å². The number of nitrogens with one attached hydrogen (secondary N) is 1. The number of rotatable bonds is 5. The highest BCUT2D eigenvalue weighted by Gasteiger charge is 2.27. The zero-order chi connectivity index (χ0) is 16.3. The smallest absolute Gasteiger partial charge is 0.0385 e. The molecule has 1 saturated heterocycles. The lowest BCUT2D eigenvalue weighted by atomic mass is 9.87. The number of hydrogen-bond donors (Lipinski definition) is 1. The molecule has 2 aromatic carbocycles. The van der Waals surface area contributed by atoms with E-state index < -0.39 is 0 Å². The van der Waals surface area contributed by atoms with Crippen molar-refractivity contribution < 1.29 is 0 Å². The number of likely N-dealkylation sites (tertiary alicyclic amines) is 1. The summed E-state index contributed by atoms with van der Waals surface area (Å²) in [5.41, 5.74) is 1.41. The molecule has 0 unspecified atom stereocenters. The summed E-state index contributed by atoms with van der Waals surface area (Å²) in [7, 11) is 0. The van der Waals surface area contributed by atoms with Crippen molar-refractivity contribution in [2.45, 2.75) is 51.6 Å². The summed E-state index contributed by atoms with van der Waals surface area (Å²) in [5.74, 6) is 0. The highest BCUT2D eigenvalue weighted by atomic mass is 15.1. The zero-order valence-corrected chi connectivity index (χ0v) is 14.8. The Kier molecular flexibility index (Phi) is 5.03. The number of fused-ring (bicyclic) bond motifs is 1. The predicted molar refractivity (Wildman–Crippen MR) is 99.9 cm³/mol. The Balaban J connectivity index is 1.74. The van der Waals surface area contributed by atoms with Crippen molar-refractivity contribution in [3.05, 3.63) is 48.0 Å². The van der Waals surface area contributed by atoms with Crippen molar-refractivity contribution in [3.8, 4) is 0 Å². The van der Waals surface area contributed by atoms with Crippen LogP contribution in [0.5, 0.6) is 0 Å². The molecule has 1 heterocycles. The van der Waals surface area contributed by atoms with E-state index in [-0.39, 0.29) is 5.54 Å². The van der Waals surface area contributed by atoms with E-state index in [1.807, 2.05) is 0 Å². The van der Waals surface area contributed by atoms with Crippen LogP contribution in [0.3, 0.4) is 0 Å². The van der Waals surface area contributed by atoms with Gasteiger partial charge < -0.3 is 10.2 Å². The lowest BCUT2D eigenvalue weighted by Crippen LogP contribution is -2.49. The Bertz CT molecular complexity index is 634. The van der Waals surface area contributed by atoms with Crippen LogP contribution in [0.25, 0.3) is 10.8 Å². The van der Waals surface area contributed by atoms with Gasteiger partial charge in [0.2, 0.25) is 0 Å². The Morgan fingerprint density at radius 2 is 1.74 bits per heavy atom. The Labute approximate surface area is 140 Å². The van der Waals surface area contributed by atoms with Crippen molar-refractivity contribution in [1.29, 1.82) is 0 Å². The quantitative estimate of drug-likeness (QED) is 0.872. The van der Waals surface area contributed by atoms with E-state index in [9.17, 15) is 0 Å². The fourth-order valence-electron chi connectivity index (χ4n) is 3.98. The topological polar surface area (TPSA) is 15.3 Å². The lowest BCUT2D eigenvalue weighted by Gasteiger charge is -2.38. The number of nitrogens with zero attached hydrogens (tertiary/aromatic N) is 1. The van der Waals surface area contributed by atoms with Gasteiger partial charge >= 0.3 is 0 Å². The largest absolute Gasteiger partial charge is 0.305 e. The average molecular weight is 310 g/mol. The van der Waals surface area contributed by atoms with Gasteiger partial charge in [0.05, 0.1) is 0 Å². The van der Waals surface area contributed by atoms with Crippen LogP contribution in [0.1, 0.15) is 45.6 Å². The minimum absolute atomic E-state index is 0.00153. The number of benzene rings is 2. The van der Waals surface area contributed by atoms with Crippen LogP contribution in [0.2, 0.25) is 0 Å². The van der Waals surface area contributed by atoms with Crippen molar-refractivity contribution in [2.75, 3.05) is 19.6 Å². The van der Waals surface area contributed by atoms with Gasteiger partial charge in [0, 0.05) is 11.6 Å². The minimum Gasteiger partial charge on any atom is -0.305 e. The van der Waals surface area contributed by atoms with Gasteiger partial charge in [-0.25, -0.2) is 0 Å². The van der Waals surface area contributed by atoms with Crippen LogP contribution in [-0.2, 0) is 5.54 Å². The van der Waals surface area contributed by atoms with Crippen LogP contribution < -0.4 is 5.32 Å². The van der Waals surface area contributed by atoms with E-state index in [1.54, 1.807) is 0 Å². The minimum atomic E-state index is -0.00153. The molecule has 0 aliphatic carbocycles. The van der Waals surface area contributed by atoms with Crippen LogP contribution in [0.4, 0.5) is 0 Å². The molecule has 0 spiro atoms. The number of piperidine rings is 1. The molecule has 23 heavy (non-hydrogen) atoms. The fraction of sp³-hybridized carbons (Fsp3) is 0.524. The molecule has 0 radical (unpaired) electrons. The summed E-state index contributed by atoms with van der Waals surface area (Å²) in [6, 6.07) is 16.0. The zero-order valence-electron chi connectivity index (χ0n) is 14.8. The molecular weight excluding hydrogens is 280 g/mol. The van der Waals surface area contributed by atoms with Crippen molar-refractivity contribution in [3.63, 3.8) is 0 Å². The highest BCUT2D eigenvalue weighted by Crippen LogP contribution is 2.29. The summed E-state index contributed by atoms with van der Waals surface area (Å²) < 4.78 is 0. The van der Waals surface area contributed by atoms with Gasteiger partial charge in [0.1, 0.15) is 0 Å². The van der Waals surface area contributed by atoms with Gasteiger partial charge in [-0.2, -0.15) is 0 Å². The van der Waals surface area contributed by atoms with Gasteiger partial charge in [-0.1, -0.05) is 49.4 Å². The Morgan fingerprint density at radius 3 is 2.48 bits per heavy atom. The van der Waals surface area contributed by atoms with E-state index in [1.165, 1.54) is 55.2 Å². The van der Waals surface area contributed by atoms with Crippen LogP contribution >= 0.6 is 0 Å². The van der Waals surface area contributed by atoms with E-state index in [0.717, 1.165) is 0 Å². The van der Waals surface area contributed by atoms with Gasteiger partial charge in [-0.3, -0.25) is 0 Å². The number of hydrogen-bond acceptors (Lipinski definition) is 2. The van der Waals surface area contributed by atoms with Crippen molar-refractivity contribution >= 4 is 10.8 Å². The molecule has 2 aromatic rings. The molecular formula is C21H30N2. The third kappa shape index (κ3) is 3.76. The molecule has 124 valence electrons. The van der Waals surface area contributed by atoms with E-state index >= 15 is 0 Å². The lowest BCUT2D eigenvalue weighted by molar-refractivity contribution is 0.178. The molecule has 1 aliphatic heterocycles. The fourth-order valence-corrected chi connectivity index (χ4v) is 3.98. The normalized spacial score (nSPS) is 17.7. The molecule has 2 heteroatoms. The molecule has 1 N–H and O–H groups in total.